The third-order valence-corrected chi connectivity index (χ3v) is 4.23. The lowest BCUT2D eigenvalue weighted by Gasteiger charge is -2.34. The van der Waals surface area contributed by atoms with Crippen molar-refractivity contribution in [2.45, 2.75) is 6.42 Å². The number of carboxylic acid groups (broad SMARTS) is 1. The number of nitrogens with zero attached hydrogens (tertiary/aromatic N) is 2. The number of ether oxygens (including phenoxy) is 1. The van der Waals surface area contributed by atoms with Crippen molar-refractivity contribution in [3.8, 4) is 5.75 Å². The van der Waals surface area contributed by atoms with Crippen molar-refractivity contribution in [3.63, 3.8) is 0 Å². The zero-order valence-electron chi connectivity index (χ0n) is 11.4. The average Bonchev–Trinajstić information content (AvgIpc) is 2.93. The summed E-state index contributed by atoms with van der Waals surface area (Å²) < 4.78 is 5.17. The maximum absolute atomic E-state index is 12.4. The highest BCUT2D eigenvalue weighted by molar-refractivity contribution is 7.12. The van der Waals surface area contributed by atoms with Gasteiger partial charge in [0.05, 0.1) is 13.5 Å². The fraction of sp³-hybridized carbons (Fsp3) is 0.538. The SMILES string of the molecule is COc1ccsc1C(=O)N1CCN(CCC(=O)O)CC1. The maximum atomic E-state index is 12.4. The third-order valence-electron chi connectivity index (χ3n) is 3.34. The molecule has 0 unspecified atom stereocenters. The van der Waals surface area contributed by atoms with Crippen molar-refractivity contribution in [3.05, 3.63) is 16.3 Å². The Kier molecular flexibility index (Phi) is 4.97. The highest BCUT2D eigenvalue weighted by atomic mass is 32.1. The van der Waals surface area contributed by atoms with E-state index in [0.29, 0.717) is 43.4 Å². The second kappa shape index (κ2) is 6.71. The molecule has 1 fully saturated rings. The second-order valence-electron chi connectivity index (χ2n) is 4.60. The van der Waals surface area contributed by atoms with Gasteiger partial charge in [0.2, 0.25) is 0 Å². The number of carboxylic acids is 1. The number of methoxy groups -OCH3 is 1. The van der Waals surface area contributed by atoms with Gasteiger partial charge in [-0.15, -0.1) is 11.3 Å². The molecule has 1 saturated heterocycles. The summed E-state index contributed by atoms with van der Waals surface area (Å²) in [5, 5.41) is 10.5. The van der Waals surface area contributed by atoms with E-state index in [1.807, 2.05) is 5.38 Å². The Hall–Kier alpha value is -1.60. The van der Waals surface area contributed by atoms with Crippen molar-refractivity contribution < 1.29 is 19.4 Å². The lowest BCUT2D eigenvalue weighted by Crippen LogP contribution is -2.48. The minimum Gasteiger partial charge on any atom is -0.495 e. The lowest BCUT2D eigenvalue weighted by molar-refractivity contribution is -0.137. The Labute approximate surface area is 121 Å². The molecular formula is C13H18N2O4S. The van der Waals surface area contributed by atoms with Crippen LogP contribution in [0.5, 0.6) is 5.75 Å². The van der Waals surface area contributed by atoms with Crippen LogP contribution >= 0.6 is 11.3 Å². The number of aliphatic carboxylic acids is 1. The van der Waals surface area contributed by atoms with Gasteiger partial charge >= 0.3 is 5.97 Å². The minimum absolute atomic E-state index is 0.00488. The van der Waals surface area contributed by atoms with Crippen molar-refractivity contribution in [2.75, 3.05) is 39.8 Å². The maximum Gasteiger partial charge on any atom is 0.304 e. The molecule has 0 radical (unpaired) electrons. The highest BCUT2D eigenvalue weighted by Gasteiger charge is 2.25. The molecule has 110 valence electrons. The van der Waals surface area contributed by atoms with Gasteiger partial charge in [0.1, 0.15) is 10.6 Å². The van der Waals surface area contributed by atoms with Crippen molar-refractivity contribution in [1.29, 1.82) is 0 Å². The van der Waals surface area contributed by atoms with Gasteiger partial charge in [-0.25, -0.2) is 0 Å². The van der Waals surface area contributed by atoms with Gasteiger partial charge in [-0.1, -0.05) is 0 Å². The molecule has 0 aromatic carbocycles. The summed E-state index contributed by atoms with van der Waals surface area (Å²) in [7, 11) is 1.56. The predicted molar refractivity (Wildman–Crippen MR) is 75.5 cm³/mol. The van der Waals surface area contributed by atoms with E-state index in [2.05, 4.69) is 4.90 Å². The lowest BCUT2D eigenvalue weighted by atomic mass is 10.2. The monoisotopic (exact) mass is 298 g/mol. The van der Waals surface area contributed by atoms with Crippen molar-refractivity contribution in [1.82, 2.24) is 9.80 Å². The summed E-state index contributed by atoms with van der Waals surface area (Å²) in [4.78, 5) is 27.4. The first-order valence-electron chi connectivity index (χ1n) is 6.46. The first-order valence-corrected chi connectivity index (χ1v) is 7.34. The molecule has 2 rings (SSSR count). The minimum atomic E-state index is -0.785. The number of carbonyl (C=O) groups excluding carboxylic acids is 1. The normalized spacial score (nSPS) is 16.1. The molecule has 0 aliphatic carbocycles. The number of carbonyl (C=O) groups is 2. The van der Waals surface area contributed by atoms with Gasteiger partial charge < -0.3 is 14.7 Å². The number of amides is 1. The first-order chi connectivity index (χ1) is 9.61. The summed E-state index contributed by atoms with van der Waals surface area (Å²) in [6.07, 6.45) is 0.146. The molecule has 20 heavy (non-hydrogen) atoms. The molecule has 1 aromatic heterocycles. The molecule has 1 aromatic rings. The van der Waals surface area contributed by atoms with Crippen LogP contribution in [0.2, 0.25) is 0 Å². The van der Waals surface area contributed by atoms with Gasteiger partial charge in [-0.3, -0.25) is 14.5 Å². The molecule has 0 atom stereocenters. The number of hydrogen-bond acceptors (Lipinski definition) is 5. The number of rotatable bonds is 5. The van der Waals surface area contributed by atoms with E-state index in [0.717, 1.165) is 0 Å². The van der Waals surface area contributed by atoms with Gasteiger partial charge in [-0.05, 0) is 11.4 Å². The smallest absolute Gasteiger partial charge is 0.304 e. The third kappa shape index (κ3) is 3.49. The van der Waals surface area contributed by atoms with Crippen LogP contribution in [-0.4, -0.2) is 66.6 Å². The summed E-state index contributed by atoms with van der Waals surface area (Å²) in [6, 6.07) is 1.79. The van der Waals surface area contributed by atoms with E-state index in [-0.39, 0.29) is 12.3 Å². The average molecular weight is 298 g/mol. The van der Waals surface area contributed by atoms with Crippen LogP contribution in [0.25, 0.3) is 0 Å². The fourth-order valence-corrected chi connectivity index (χ4v) is 3.01. The van der Waals surface area contributed by atoms with Crippen LogP contribution in [0.4, 0.5) is 0 Å². The molecule has 0 saturated carbocycles. The van der Waals surface area contributed by atoms with Crippen molar-refractivity contribution in [2.24, 2.45) is 0 Å². The van der Waals surface area contributed by atoms with E-state index < -0.39 is 5.97 Å². The number of piperazine rings is 1. The van der Waals surface area contributed by atoms with E-state index in [9.17, 15) is 9.59 Å². The fourth-order valence-electron chi connectivity index (χ4n) is 2.19. The topological polar surface area (TPSA) is 70.1 Å². The van der Waals surface area contributed by atoms with Crippen LogP contribution < -0.4 is 4.74 Å². The summed E-state index contributed by atoms with van der Waals surface area (Å²) in [5.74, 6) is -0.171. The quantitative estimate of drug-likeness (QED) is 0.878. The summed E-state index contributed by atoms with van der Waals surface area (Å²) in [6.45, 7) is 3.22. The van der Waals surface area contributed by atoms with Crippen LogP contribution in [-0.2, 0) is 4.79 Å². The van der Waals surface area contributed by atoms with Crippen LogP contribution in [0.15, 0.2) is 11.4 Å². The standard InChI is InChI=1S/C13H18N2O4S/c1-19-10-3-9-20-12(10)13(18)15-7-5-14(6-8-15)4-2-11(16)17/h3,9H,2,4-8H2,1H3,(H,16,17). The molecule has 7 heteroatoms. The van der Waals surface area contributed by atoms with E-state index in [4.69, 9.17) is 9.84 Å². The Balaban J connectivity index is 1.87. The van der Waals surface area contributed by atoms with Gasteiger partial charge in [0.15, 0.2) is 0 Å². The van der Waals surface area contributed by atoms with E-state index in [1.54, 1.807) is 18.1 Å². The summed E-state index contributed by atoms with van der Waals surface area (Å²) in [5.41, 5.74) is 0. The predicted octanol–water partition coefficient (Wildman–Crippen LogP) is 0.989. The van der Waals surface area contributed by atoms with Gasteiger partial charge in [-0.2, -0.15) is 0 Å². The van der Waals surface area contributed by atoms with Gasteiger partial charge in [0, 0.05) is 32.7 Å². The Morgan fingerprint density at radius 2 is 2.05 bits per heavy atom. The number of thiophene rings is 1. The first kappa shape index (κ1) is 14.8. The molecule has 2 heterocycles. The Morgan fingerprint density at radius 3 is 2.65 bits per heavy atom. The largest absolute Gasteiger partial charge is 0.495 e. The van der Waals surface area contributed by atoms with E-state index in [1.165, 1.54) is 11.3 Å². The Bertz CT molecular complexity index is 480. The Morgan fingerprint density at radius 1 is 1.35 bits per heavy atom. The molecule has 1 N–H and O–H groups in total. The van der Waals surface area contributed by atoms with Crippen LogP contribution in [0, 0.1) is 0 Å². The van der Waals surface area contributed by atoms with Crippen molar-refractivity contribution >= 4 is 23.2 Å². The molecule has 1 amide bonds. The zero-order valence-corrected chi connectivity index (χ0v) is 12.2. The van der Waals surface area contributed by atoms with Gasteiger partial charge in [0.25, 0.3) is 5.91 Å². The van der Waals surface area contributed by atoms with Crippen LogP contribution in [0.3, 0.4) is 0 Å². The van der Waals surface area contributed by atoms with Crippen LogP contribution in [0.1, 0.15) is 16.1 Å². The second-order valence-corrected chi connectivity index (χ2v) is 5.51. The van der Waals surface area contributed by atoms with E-state index >= 15 is 0 Å². The summed E-state index contributed by atoms with van der Waals surface area (Å²) >= 11 is 1.38. The highest BCUT2D eigenvalue weighted by Crippen LogP contribution is 2.26. The molecule has 1 aliphatic heterocycles. The molecule has 0 spiro atoms. The number of hydrogen-bond donors (Lipinski definition) is 1. The molecule has 0 bridgehead atoms. The molecule has 1 aliphatic rings. The molecular weight excluding hydrogens is 280 g/mol. The molecule has 6 nitrogen and oxygen atoms in total. The zero-order chi connectivity index (χ0) is 14.5.